The number of nitrogens with zero attached hydrogens (tertiary/aromatic N) is 1. The van der Waals surface area contributed by atoms with Crippen molar-refractivity contribution in [1.29, 1.82) is 0 Å². The van der Waals surface area contributed by atoms with Gasteiger partial charge in [0.25, 0.3) is 0 Å². The summed E-state index contributed by atoms with van der Waals surface area (Å²) in [6.45, 7) is -1.92. The first-order valence-corrected chi connectivity index (χ1v) is 2.37. The van der Waals surface area contributed by atoms with E-state index < -0.39 is 18.8 Å². The normalized spacial score (nSPS) is 10.8. The van der Waals surface area contributed by atoms with E-state index in [0.717, 1.165) is 12.4 Å². The SMILES string of the molecule is C[N]C(=O)NC(F)(F)CF. The number of halogens is 3. The van der Waals surface area contributed by atoms with Crippen molar-refractivity contribution in [3.63, 3.8) is 0 Å². The fourth-order valence-electron chi connectivity index (χ4n) is 0.246. The highest BCUT2D eigenvalue weighted by atomic mass is 19.3. The number of urea groups is 1. The molecule has 0 rings (SSSR count). The van der Waals surface area contributed by atoms with Gasteiger partial charge in [-0.2, -0.15) is 8.78 Å². The third kappa shape index (κ3) is 3.16. The molecular weight excluding hydrogens is 149 g/mol. The molecule has 6 heteroatoms. The van der Waals surface area contributed by atoms with Crippen LogP contribution in [0.1, 0.15) is 0 Å². The van der Waals surface area contributed by atoms with Crippen LogP contribution in [0.25, 0.3) is 0 Å². The summed E-state index contributed by atoms with van der Waals surface area (Å²) in [7, 11) is 1.03. The van der Waals surface area contributed by atoms with Crippen LogP contribution < -0.4 is 10.6 Å². The number of nitrogens with one attached hydrogen (secondary N) is 1. The zero-order valence-corrected chi connectivity index (χ0v) is 5.20. The van der Waals surface area contributed by atoms with E-state index >= 15 is 0 Å². The minimum atomic E-state index is -3.80. The summed E-state index contributed by atoms with van der Waals surface area (Å²) < 4.78 is 34.9. The fraction of sp³-hybridized carbons (Fsp3) is 0.750. The zero-order chi connectivity index (χ0) is 8.20. The lowest BCUT2D eigenvalue weighted by molar-refractivity contribution is -0.0427. The molecule has 0 fully saturated rings. The molecule has 0 aromatic heterocycles. The molecule has 59 valence electrons. The standard InChI is InChI=1S/C4H6F3N2O/c1-8-3(10)9-4(6,7)2-5/h2H2,1H3,(H,9,10). The topological polar surface area (TPSA) is 43.2 Å². The van der Waals surface area contributed by atoms with Crippen molar-refractivity contribution in [1.82, 2.24) is 10.6 Å². The van der Waals surface area contributed by atoms with Gasteiger partial charge in [0, 0.05) is 7.05 Å². The molecule has 10 heavy (non-hydrogen) atoms. The van der Waals surface area contributed by atoms with Gasteiger partial charge in [0.2, 0.25) is 0 Å². The van der Waals surface area contributed by atoms with E-state index in [1.807, 2.05) is 0 Å². The molecule has 0 unspecified atom stereocenters. The lowest BCUT2D eigenvalue weighted by Crippen LogP contribution is -2.44. The van der Waals surface area contributed by atoms with Gasteiger partial charge in [-0.15, -0.1) is 0 Å². The van der Waals surface area contributed by atoms with Crippen molar-refractivity contribution in [2.45, 2.75) is 6.05 Å². The fourth-order valence-corrected chi connectivity index (χ4v) is 0.246. The number of hydrogen-bond acceptors (Lipinski definition) is 1. The van der Waals surface area contributed by atoms with Gasteiger partial charge in [-0.25, -0.2) is 14.5 Å². The Morgan fingerprint density at radius 2 is 2.20 bits per heavy atom. The van der Waals surface area contributed by atoms with Gasteiger partial charge in [0.05, 0.1) is 0 Å². The van der Waals surface area contributed by atoms with Crippen molar-refractivity contribution in [2.24, 2.45) is 0 Å². The number of rotatable bonds is 2. The van der Waals surface area contributed by atoms with E-state index in [1.54, 1.807) is 0 Å². The first-order valence-electron chi connectivity index (χ1n) is 2.37. The van der Waals surface area contributed by atoms with Crippen molar-refractivity contribution in [2.75, 3.05) is 13.7 Å². The van der Waals surface area contributed by atoms with Crippen LogP contribution in [0.15, 0.2) is 0 Å². The van der Waals surface area contributed by atoms with E-state index in [4.69, 9.17) is 0 Å². The van der Waals surface area contributed by atoms with Crippen LogP contribution in [0.4, 0.5) is 18.0 Å². The van der Waals surface area contributed by atoms with Gasteiger partial charge in [-0.05, 0) is 0 Å². The number of amides is 2. The van der Waals surface area contributed by atoms with Crippen molar-refractivity contribution in [3.8, 4) is 0 Å². The van der Waals surface area contributed by atoms with E-state index in [1.165, 1.54) is 0 Å². The van der Waals surface area contributed by atoms with Crippen LogP contribution in [0.3, 0.4) is 0 Å². The maximum absolute atomic E-state index is 11.8. The Balaban J connectivity index is 3.76. The van der Waals surface area contributed by atoms with Gasteiger partial charge in [-0.3, -0.25) is 5.32 Å². The molecule has 0 saturated carbocycles. The molecule has 3 nitrogen and oxygen atoms in total. The number of carbonyl (C=O) groups excluding carboxylic acids is 1. The molecule has 0 aromatic rings. The van der Waals surface area contributed by atoms with E-state index in [2.05, 4.69) is 5.32 Å². The highest BCUT2D eigenvalue weighted by molar-refractivity contribution is 5.73. The number of hydrogen-bond donors (Lipinski definition) is 1. The molecule has 0 bridgehead atoms. The molecule has 1 N–H and O–H groups in total. The summed E-state index contributed by atoms with van der Waals surface area (Å²) in [6, 6.07) is -5.03. The van der Waals surface area contributed by atoms with Crippen LogP contribution >= 0.6 is 0 Å². The minimum absolute atomic E-state index is 1.03. The average Bonchev–Trinajstić information content (AvgIpc) is 1.87. The van der Waals surface area contributed by atoms with Crippen molar-refractivity contribution < 1.29 is 18.0 Å². The van der Waals surface area contributed by atoms with Gasteiger partial charge in [0.1, 0.15) is 0 Å². The van der Waals surface area contributed by atoms with Gasteiger partial charge >= 0.3 is 12.1 Å². The number of alkyl halides is 3. The zero-order valence-electron chi connectivity index (χ0n) is 5.20. The Morgan fingerprint density at radius 3 is 2.50 bits per heavy atom. The van der Waals surface area contributed by atoms with Crippen LogP contribution in [-0.4, -0.2) is 25.8 Å². The molecule has 0 aromatic carbocycles. The third-order valence-corrected chi connectivity index (χ3v) is 0.661. The Morgan fingerprint density at radius 1 is 1.70 bits per heavy atom. The smallest absolute Gasteiger partial charge is 0.275 e. The average molecular weight is 155 g/mol. The Bertz CT molecular complexity index is 128. The van der Waals surface area contributed by atoms with Gasteiger partial charge < -0.3 is 0 Å². The molecule has 0 aliphatic heterocycles. The van der Waals surface area contributed by atoms with E-state index in [-0.39, 0.29) is 0 Å². The maximum atomic E-state index is 11.8. The molecule has 2 amide bonds. The lowest BCUT2D eigenvalue weighted by Gasteiger charge is -2.11. The first-order chi connectivity index (χ1) is 4.52. The maximum Gasteiger partial charge on any atom is 0.355 e. The highest BCUT2D eigenvalue weighted by Gasteiger charge is 2.30. The Hall–Kier alpha value is -0.940. The summed E-state index contributed by atoms with van der Waals surface area (Å²) >= 11 is 0. The highest BCUT2D eigenvalue weighted by Crippen LogP contribution is 2.08. The van der Waals surface area contributed by atoms with Crippen molar-refractivity contribution >= 4 is 6.03 Å². The molecule has 0 saturated heterocycles. The Labute approximate surface area is 55.6 Å². The summed E-state index contributed by atoms with van der Waals surface area (Å²) in [5, 5.41) is 3.87. The molecule has 0 aliphatic carbocycles. The van der Waals surface area contributed by atoms with Crippen LogP contribution in [0.2, 0.25) is 0 Å². The minimum Gasteiger partial charge on any atom is -0.275 e. The van der Waals surface area contributed by atoms with Gasteiger partial charge in [0.15, 0.2) is 6.67 Å². The predicted molar refractivity (Wildman–Crippen MR) is 27.5 cm³/mol. The van der Waals surface area contributed by atoms with Crippen LogP contribution in [0.5, 0.6) is 0 Å². The molecule has 0 aliphatic rings. The lowest BCUT2D eigenvalue weighted by atomic mass is 10.6. The summed E-state index contributed by atoms with van der Waals surface area (Å²) in [6.07, 6.45) is 0. The van der Waals surface area contributed by atoms with Gasteiger partial charge in [-0.1, -0.05) is 0 Å². The molecule has 0 atom stereocenters. The third-order valence-electron chi connectivity index (χ3n) is 0.661. The molecule has 0 heterocycles. The second kappa shape index (κ2) is 3.28. The van der Waals surface area contributed by atoms with Crippen LogP contribution in [-0.2, 0) is 0 Å². The monoisotopic (exact) mass is 155 g/mol. The quantitative estimate of drug-likeness (QED) is 0.579. The second-order valence-electron chi connectivity index (χ2n) is 1.49. The first kappa shape index (κ1) is 9.06. The Kier molecular flexibility index (Phi) is 2.98. The molecule has 1 radical (unpaired) electrons. The van der Waals surface area contributed by atoms with E-state index in [0.29, 0.717) is 0 Å². The number of carbonyl (C=O) groups is 1. The van der Waals surface area contributed by atoms with Crippen LogP contribution in [0, 0.1) is 0 Å². The molecular formula is C4H6F3N2O. The summed E-state index contributed by atoms with van der Waals surface area (Å²) in [4.78, 5) is 10.1. The largest absolute Gasteiger partial charge is 0.355 e. The summed E-state index contributed by atoms with van der Waals surface area (Å²) in [5.41, 5.74) is 0. The summed E-state index contributed by atoms with van der Waals surface area (Å²) in [5.74, 6) is 0. The van der Waals surface area contributed by atoms with E-state index in [9.17, 15) is 18.0 Å². The second-order valence-corrected chi connectivity index (χ2v) is 1.49. The predicted octanol–water partition coefficient (Wildman–Crippen LogP) is 0.492. The molecule has 0 spiro atoms. The van der Waals surface area contributed by atoms with Crippen molar-refractivity contribution in [3.05, 3.63) is 0 Å².